The second kappa shape index (κ2) is 8.32. The summed E-state index contributed by atoms with van der Waals surface area (Å²) in [5.74, 6) is -0.212. The Bertz CT molecular complexity index is 1200. The maximum atomic E-state index is 13.3. The van der Waals surface area contributed by atoms with Gasteiger partial charge in [0.05, 0.1) is 17.5 Å². The van der Waals surface area contributed by atoms with Gasteiger partial charge in [-0.05, 0) is 54.8 Å². The van der Waals surface area contributed by atoms with Gasteiger partial charge in [0.15, 0.2) is 0 Å². The van der Waals surface area contributed by atoms with Crippen LogP contribution in [0.15, 0.2) is 71.8 Å². The average Bonchev–Trinajstić information content (AvgIpc) is 3.24. The molecule has 7 heteroatoms. The summed E-state index contributed by atoms with van der Waals surface area (Å²) in [5, 5.41) is 0. The number of rotatable bonds is 5. The molecule has 0 fully saturated rings. The van der Waals surface area contributed by atoms with Gasteiger partial charge in [-0.2, -0.15) is 4.31 Å². The second-order valence-electron chi connectivity index (χ2n) is 8.03. The lowest BCUT2D eigenvalue weighted by molar-refractivity contribution is -0.133. The molecule has 0 saturated heterocycles. The Hall–Kier alpha value is -2.90. The fourth-order valence-electron chi connectivity index (χ4n) is 4.06. The number of nitrogens with zero attached hydrogens (tertiary/aromatic N) is 3. The molecule has 162 valence electrons. The molecule has 31 heavy (non-hydrogen) atoms. The standard InChI is InChI=1S/C24H27N3O3S/c1-18-11-12-21(16-19(18)2)31(29,30)25(3)17-23(28)27-15-14-26-13-7-10-22(26)24(27)20-8-5-4-6-9-20/h4-13,16,24H,14-15,17H2,1-3H3. The highest BCUT2D eigenvalue weighted by atomic mass is 32.2. The van der Waals surface area contributed by atoms with Crippen LogP contribution in [0.4, 0.5) is 0 Å². The molecule has 1 aliphatic heterocycles. The first-order chi connectivity index (χ1) is 14.8. The zero-order valence-corrected chi connectivity index (χ0v) is 18.8. The molecule has 1 atom stereocenters. The number of amides is 1. The van der Waals surface area contributed by atoms with Gasteiger partial charge in [0.1, 0.15) is 0 Å². The minimum absolute atomic E-state index is 0.207. The Morgan fingerprint density at radius 3 is 2.45 bits per heavy atom. The van der Waals surface area contributed by atoms with Crippen molar-refractivity contribution in [2.75, 3.05) is 20.1 Å². The van der Waals surface area contributed by atoms with Gasteiger partial charge in [-0.3, -0.25) is 4.79 Å². The van der Waals surface area contributed by atoms with E-state index in [0.29, 0.717) is 13.1 Å². The zero-order chi connectivity index (χ0) is 22.2. The van der Waals surface area contributed by atoms with Crippen LogP contribution < -0.4 is 0 Å². The van der Waals surface area contributed by atoms with Gasteiger partial charge >= 0.3 is 0 Å². The predicted molar refractivity (Wildman–Crippen MR) is 120 cm³/mol. The first-order valence-electron chi connectivity index (χ1n) is 10.3. The molecule has 0 aliphatic carbocycles. The molecule has 0 spiro atoms. The molecular formula is C24H27N3O3S. The highest BCUT2D eigenvalue weighted by Crippen LogP contribution is 2.32. The highest BCUT2D eigenvalue weighted by molar-refractivity contribution is 7.89. The van der Waals surface area contributed by atoms with Crippen LogP contribution in [0.2, 0.25) is 0 Å². The normalized spacial score (nSPS) is 16.4. The molecule has 0 radical (unpaired) electrons. The van der Waals surface area contributed by atoms with Crippen molar-refractivity contribution < 1.29 is 13.2 Å². The van der Waals surface area contributed by atoms with Gasteiger partial charge in [0, 0.05) is 32.0 Å². The number of carbonyl (C=O) groups excluding carboxylic acids is 1. The molecule has 6 nitrogen and oxygen atoms in total. The molecule has 2 heterocycles. The minimum atomic E-state index is -3.76. The van der Waals surface area contributed by atoms with E-state index < -0.39 is 10.0 Å². The Morgan fingerprint density at radius 1 is 1.00 bits per heavy atom. The lowest BCUT2D eigenvalue weighted by Crippen LogP contribution is -2.47. The minimum Gasteiger partial charge on any atom is -0.348 e. The van der Waals surface area contributed by atoms with Crippen LogP contribution in [-0.4, -0.2) is 48.2 Å². The average molecular weight is 438 g/mol. The van der Waals surface area contributed by atoms with Crippen LogP contribution in [0.1, 0.15) is 28.4 Å². The van der Waals surface area contributed by atoms with E-state index in [-0.39, 0.29) is 23.4 Å². The molecule has 1 aliphatic rings. The van der Waals surface area contributed by atoms with Crippen LogP contribution in [0.5, 0.6) is 0 Å². The van der Waals surface area contributed by atoms with Crippen LogP contribution in [0.3, 0.4) is 0 Å². The van der Waals surface area contributed by atoms with E-state index in [0.717, 1.165) is 26.7 Å². The van der Waals surface area contributed by atoms with Gasteiger partial charge in [-0.15, -0.1) is 0 Å². The van der Waals surface area contributed by atoms with Crippen molar-refractivity contribution in [3.8, 4) is 0 Å². The molecular weight excluding hydrogens is 410 g/mol. The van der Waals surface area contributed by atoms with Crippen LogP contribution in [0, 0.1) is 13.8 Å². The fraction of sp³-hybridized carbons (Fsp3) is 0.292. The largest absolute Gasteiger partial charge is 0.348 e. The summed E-state index contributed by atoms with van der Waals surface area (Å²) in [6.07, 6.45) is 2.02. The summed E-state index contributed by atoms with van der Waals surface area (Å²) in [6, 6.07) is 18.7. The summed E-state index contributed by atoms with van der Waals surface area (Å²) in [6.45, 7) is 4.82. The quantitative estimate of drug-likeness (QED) is 0.615. The van der Waals surface area contributed by atoms with Gasteiger partial charge in [0.2, 0.25) is 15.9 Å². The van der Waals surface area contributed by atoms with E-state index in [2.05, 4.69) is 4.57 Å². The SMILES string of the molecule is Cc1ccc(S(=O)(=O)N(C)CC(=O)N2CCn3cccc3C2c2ccccc2)cc1C. The number of benzene rings is 2. The molecule has 0 N–H and O–H groups in total. The van der Waals surface area contributed by atoms with Crippen molar-refractivity contribution in [2.24, 2.45) is 0 Å². The fourth-order valence-corrected chi connectivity index (χ4v) is 5.26. The summed E-state index contributed by atoms with van der Waals surface area (Å²) >= 11 is 0. The second-order valence-corrected chi connectivity index (χ2v) is 10.1. The molecule has 1 amide bonds. The number of fused-ring (bicyclic) bond motifs is 1. The van der Waals surface area contributed by atoms with E-state index in [4.69, 9.17) is 0 Å². The van der Waals surface area contributed by atoms with Crippen molar-refractivity contribution >= 4 is 15.9 Å². The van der Waals surface area contributed by atoms with E-state index in [9.17, 15) is 13.2 Å². The van der Waals surface area contributed by atoms with Gasteiger partial charge in [-0.25, -0.2) is 8.42 Å². The van der Waals surface area contributed by atoms with Crippen molar-refractivity contribution in [1.82, 2.24) is 13.8 Å². The maximum absolute atomic E-state index is 13.3. The summed E-state index contributed by atoms with van der Waals surface area (Å²) in [4.78, 5) is 15.3. The Kier molecular flexibility index (Phi) is 5.73. The first-order valence-corrected chi connectivity index (χ1v) is 11.8. The topological polar surface area (TPSA) is 62.6 Å². The Morgan fingerprint density at radius 2 is 1.74 bits per heavy atom. The molecule has 3 aromatic rings. The van der Waals surface area contributed by atoms with Crippen molar-refractivity contribution in [1.29, 1.82) is 0 Å². The van der Waals surface area contributed by atoms with Crippen molar-refractivity contribution in [3.63, 3.8) is 0 Å². The number of sulfonamides is 1. The molecule has 1 unspecified atom stereocenters. The van der Waals surface area contributed by atoms with Crippen LogP contribution >= 0.6 is 0 Å². The zero-order valence-electron chi connectivity index (χ0n) is 18.0. The van der Waals surface area contributed by atoms with Crippen LogP contribution in [0.25, 0.3) is 0 Å². The highest BCUT2D eigenvalue weighted by Gasteiger charge is 2.34. The monoisotopic (exact) mass is 437 g/mol. The molecule has 1 aromatic heterocycles. The van der Waals surface area contributed by atoms with E-state index >= 15 is 0 Å². The van der Waals surface area contributed by atoms with E-state index in [1.165, 1.54) is 7.05 Å². The lowest BCUT2D eigenvalue weighted by Gasteiger charge is -2.38. The number of aromatic nitrogens is 1. The number of likely N-dealkylation sites (N-methyl/N-ethyl adjacent to an activating group) is 1. The number of aryl methyl sites for hydroxylation is 2. The molecule has 2 aromatic carbocycles. The lowest BCUT2D eigenvalue weighted by atomic mass is 10.00. The number of hydrogen-bond donors (Lipinski definition) is 0. The third kappa shape index (κ3) is 4.03. The number of hydrogen-bond acceptors (Lipinski definition) is 3. The summed E-state index contributed by atoms with van der Waals surface area (Å²) in [7, 11) is -2.30. The van der Waals surface area contributed by atoms with E-state index in [1.807, 2.05) is 62.5 Å². The van der Waals surface area contributed by atoms with Gasteiger partial charge in [-0.1, -0.05) is 36.4 Å². The summed E-state index contributed by atoms with van der Waals surface area (Å²) in [5.41, 5.74) is 3.97. The summed E-state index contributed by atoms with van der Waals surface area (Å²) < 4.78 is 29.4. The molecule has 4 rings (SSSR count). The van der Waals surface area contributed by atoms with Gasteiger partial charge in [0.25, 0.3) is 0 Å². The van der Waals surface area contributed by atoms with E-state index in [1.54, 1.807) is 23.1 Å². The Balaban J connectivity index is 1.60. The Labute approximate surface area is 183 Å². The predicted octanol–water partition coefficient (Wildman–Crippen LogP) is 3.36. The third-order valence-electron chi connectivity index (χ3n) is 6.02. The van der Waals surface area contributed by atoms with Crippen LogP contribution in [-0.2, 0) is 21.4 Å². The van der Waals surface area contributed by atoms with Crippen molar-refractivity contribution in [2.45, 2.75) is 31.3 Å². The number of carbonyl (C=O) groups is 1. The smallest absolute Gasteiger partial charge is 0.243 e. The first kappa shape index (κ1) is 21.3. The molecule has 0 bridgehead atoms. The third-order valence-corrected chi connectivity index (χ3v) is 7.82. The van der Waals surface area contributed by atoms with Gasteiger partial charge < -0.3 is 9.47 Å². The molecule has 0 saturated carbocycles. The van der Waals surface area contributed by atoms with Crippen molar-refractivity contribution in [3.05, 3.63) is 89.2 Å². The maximum Gasteiger partial charge on any atom is 0.243 e.